The zero-order chi connectivity index (χ0) is 23.7. The maximum absolute atomic E-state index is 14.1. The molecule has 0 saturated heterocycles. The number of carboxylic acid groups (broad SMARTS) is 1. The van der Waals surface area contributed by atoms with Crippen molar-refractivity contribution < 1.29 is 23.4 Å². The van der Waals surface area contributed by atoms with E-state index in [1.165, 1.54) is 24.3 Å². The van der Waals surface area contributed by atoms with E-state index in [0.29, 0.717) is 27.7 Å². The number of hydrogen-bond donors (Lipinski definition) is 1. The van der Waals surface area contributed by atoms with Gasteiger partial charge in [0.15, 0.2) is 0 Å². The molecule has 0 radical (unpaired) electrons. The maximum Gasteiger partial charge on any atom is 0.337 e. The first-order valence-electron chi connectivity index (χ1n) is 9.83. The topological polar surface area (TPSA) is 51.5 Å². The third-order valence-electron chi connectivity index (χ3n) is 5.13. The van der Waals surface area contributed by atoms with Crippen molar-refractivity contribution in [2.75, 3.05) is 0 Å². The lowest BCUT2D eigenvalue weighted by atomic mass is 10.1. The quantitative estimate of drug-likeness (QED) is 0.310. The lowest BCUT2D eigenvalue weighted by molar-refractivity contribution is 0.0697. The standard InChI is InChI=1S/C25H17Cl2F2NO3/c1-14-2-8-23(30(14)18-6-7-21(27)19(12-18)25(31)32)20-10-16(26)4-9-24(20)33-13-15-3-5-17(28)11-22(15)29/h2-12H,13H2,1H3,(H,31,32). The summed E-state index contributed by atoms with van der Waals surface area (Å²) in [5.74, 6) is -2.08. The summed E-state index contributed by atoms with van der Waals surface area (Å²) in [5, 5.41) is 10.0. The van der Waals surface area contributed by atoms with Crippen molar-refractivity contribution in [1.29, 1.82) is 0 Å². The fraction of sp³-hybridized carbons (Fsp3) is 0.0800. The van der Waals surface area contributed by atoms with Crippen LogP contribution in [0.1, 0.15) is 21.6 Å². The van der Waals surface area contributed by atoms with E-state index in [4.69, 9.17) is 27.9 Å². The van der Waals surface area contributed by atoms with Crippen molar-refractivity contribution in [1.82, 2.24) is 4.57 Å². The molecule has 33 heavy (non-hydrogen) atoms. The molecule has 0 saturated carbocycles. The Balaban J connectivity index is 1.77. The van der Waals surface area contributed by atoms with Gasteiger partial charge in [0.1, 0.15) is 24.0 Å². The molecule has 0 aliphatic carbocycles. The Kier molecular flexibility index (Phi) is 6.40. The highest BCUT2D eigenvalue weighted by Gasteiger charge is 2.18. The van der Waals surface area contributed by atoms with Gasteiger partial charge in [0, 0.05) is 33.6 Å². The second-order valence-electron chi connectivity index (χ2n) is 7.33. The summed E-state index contributed by atoms with van der Waals surface area (Å²) in [7, 11) is 0. The van der Waals surface area contributed by atoms with E-state index in [1.54, 1.807) is 24.3 Å². The van der Waals surface area contributed by atoms with E-state index in [1.807, 2.05) is 23.6 Å². The van der Waals surface area contributed by atoms with Crippen LogP contribution in [-0.2, 0) is 6.61 Å². The Hall–Kier alpha value is -3.35. The van der Waals surface area contributed by atoms with E-state index in [9.17, 15) is 18.7 Å². The molecule has 1 heterocycles. The van der Waals surface area contributed by atoms with Gasteiger partial charge in [-0.1, -0.05) is 23.2 Å². The van der Waals surface area contributed by atoms with Gasteiger partial charge < -0.3 is 14.4 Å². The van der Waals surface area contributed by atoms with Crippen LogP contribution in [0.4, 0.5) is 8.78 Å². The summed E-state index contributed by atoms with van der Waals surface area (Å²) in [4.78, 5) is 11.6. The van der Waals surface area contributed by atoms with Crippen molar-refractivity contribution in [3.05, 3.63) is 105 Å². The Morgan fingerprint density at radius 2 is 1.79 bits per heavy atom. The van der Waals surface area contributed by atoms with Crippen LogP contribution in [0.15, 0.2) is 66.7 Å². The molecule has 0 bridgehead atoms. The monoisotopic (exact) mass is 487 g/mol. The molecule has 0 aliphatic heterocycles. The Morgan fingerprint density at radius 1 is 1.00 bits per heavy atom. The smallest absolute Gasteiger partial charge is 0.337 e. The molecule has 0 amide bonds. The Labute approximate surface area is 198 Å². The zero-order valence-electron chi connectivity index (χ0n) is 17.3. The zero-order valence-corrected chi connectivity index (χ0v) is 18.8. The van der Waals surface area contributed by atoms with Crippen LogP contribution >= 0.6 is 23.2 Å². The number of aromatic nitrogens is 1. The molecule has 1 N–H and O–H groups in total. The number of carbonyl (C=O) groups is 1. The molecule has 3 aromatic carbocycles. The van der Waals surface area contributed by atoms with Crippen LogP contribution in [0.5, 0.6) is 5.75 Å². The highest BCUT2D eigenvalue weighted by Crippen LogP contribution is 2.36. The fourth-order valence-corrected chi connectivity index (χ4v) is 3.90. The molecule has 4 nitrogen and oxygen atoms in total. The van der Waals surface area contributed by atoms with Crippen LogP contribution < -0.4 is 4.74 Å². The minimum Gasteiger partial charge on any atom is -0.488 e. The molecular formula is C25H17Cl2F2NO3. The van der Waals surface area contributed by atoms with Crippen LogP contribution in [0.25, 0.3) is 16.9 Å². The summed E-state index contributed by atoms with van der Waals surface area (Å²) in [6.45, 7) is 1.75. The van der Waals surface area contributed by atoms with Crippen LogP contribution in [0, 0.1) is 18.6 Å². The largest absolute Gasteiger partial charge is 0.488 e. The number of nitrogens with zero attached hydrogens (tertiary/aromatic N) is 1. The molecule has 0 atom stereocenters. The second-order valence-corrected chi connectivity index (χ2v) is 8.17. The Bertz CT molecular complexity index is 1370. The van der Waals surface area contributed by atoms with Crippen LogP contribution in [-0.4, -0.2) is 15.6 Å². The van der Waals surface area contributed by atoms with Gasteiger partial charge >= 0.3 is 5.97 Å². The van der Waals surface area contributed by atoms with Gasteiger partial charge in [-0.25, -0.2) is 13.6 Å². The van der Waals surface area contributed by atoms with Crippen molar-refractivity contribution in [3.63, 3.8) is 0 Å². The molecule has 0 unspecified atom stereocenters. The summed E-state index contributed by atoms with van der Waals surface area (Å²) < 4.78 is 35.0. The second kappa shape index (κ2) is 9.25. The molecule has 1 aromatic heterocycles. The molecule has 4 aromatic rings. The number of aryl methyl sites for hydroxylation is 1. The fourth-order valence-electron chi connectivity index (χ4n) is 3.53. The molecule has 0 fully saturated rings. The van der Waals surface area contributed by atoms with Gasteiger partial charge in [-0.05, 0) is 67.6 Å². The summed E-state index contributed by atoms with van der Waals surface area (Å²) in [5.41, 5.74) is 2.90. The summed E-state index contributed by atoms with van der Waals surface area (Å²) in [6.07, 6.45) is 0. The van der Waals surface area contributed by atoms with E-state index < -0.39 is 17.6 Å². The van der Waals surface area contributed by atoms with Gasteiger partial charge in [-0.15, -0.1) is 0 Å². The number of hydrogen-bond acceptors (Lipinski definition) is 2. The van der Waals surface area contributed by atoms with Crippen LogP contribution in [0.3, 0.4) is 0 Å². The lowest BCUT2D eigenvalue weighted by Crippen LogP contribution is -2.05. The van der Waals surface area contributed by atoms with Crippen molar-refractivity contribution >= 4 is 29.2 Å². The van der Waals surface area contributed by atoms with Gasteiger partial charge in [-0.3, -0.25) is 0 Å². The summed E-state index contributed by atoms with van der Waals surface area (Å²) in [6, 6.07) is 16.8. The number of aromatic carboxylic acids is 1. The Morgan fingerprint density at radius 3 is 2.52 bits per heavy atom. The SMILES string of the molecule is Cc1ccc(-c2cc(Cl)ccc2OCc2ccc(F)cc2F)n1-c1ccc(Cl)c(C(=O)O)c1. The molecule has 4 rings (SSSR count). The van der Waals surface area contributed by atoms with Crippen molar-refractivity contribution in [2.45, 2.75) is 13.5 Å². The van der Waals surface area contributed by atoms with E-state index in [0.717, 1.165) is 11.8 Å². The highest BCUT2D eigenvalue weighted by atomic mass is 35.5. The lowest BCUT2D eigenvalue weighted by Gasteiger charge is -2.17. The predicted octanol–water partition coefficient (Wildman–Crippen LogP) is 7.31. The van der Waals surface area contributed by atoms with E-state index >= 15 is 0 Å². The van der Waals surface area contributed by atoms with E-state index in [2.05, 4.69) is 0 Å². The molecule has 0 aliphatic rings. The minimum atomic E-state index is -1.14. The number of halogens is 4. The number of rotatable bonds is 6. The highest BCUT2D eigenvalue weighted by molar-refractivity contribution is 6.33. The maximum atomic E-state index is 14.1. The molecule has 0 spiro atoms. The average Bonchev–Trinajstić information content (AvgIpc) is 3.15. The average molecular weight is 488 g/mol. The summed E-state index contributed by atoms with van der Waals surface area (Å²) >= 11 is 12.3. The first-order valence-corrected chi connectivity index (χ1v) is 10.6. The van der Waals surface area contributed by atoms with Crippen molar-refractivity contribution in [3.8, 4) is 22.7 Å². The predicted molar refractivity (Wildman–Crippen MR) is 124 cm³/mol. The third-order valence-corrected chi connectivity index (χ3v) is 5.70. The van der Waals surface area contributed by atoms with Gasteiger partial charge in [0.05, 0.1) is 16.3 Å². The third kappa shape index (κ3) is 4.72. The van der Waals surface area contributed by atoms with Gasteiger partial charge in [0.2, 0.25) is 0 Å². The number of carboxylic acids is 1. The van der Waals surface area contributed by atoms with Gasteiger partial charge in [-0.2, -0.15) is 0 Å². The van der Waals surface area contributed by atoms with Gasteiger partial charge in [0.25, 0.3) is 0 Å². The molecule has 8 heteroatoms. The number of ether oxygens (including phenoxy) is 1. The molecule has 168 valence electrons. The normalized spacial score (nSPS) is 10.9. The number of benzene rings is 3. The molecular weight excluding hydrogens is 471 g/mol. The van der Waals surface area contributed by atoms with Crippen molar-refractivity contribution in [2.24, 2.45) is 0 Å². The minimum absolute atomic E-state index is 0.0254. The first kappa shape index (κ1) is 22.8. The van der Waals surface area contributed by atoms with E-state index in [-0.39, 0.29) is 22.8 Å². The van der Waals surface area contributed by atoms with Crippen LogP contribution in [0.2, 0.25) is 10.0 Å². The first-order chi connectivity index (χ1) is 15.7.